The lowest BCUT2D eigenvalue weighted by Crippen LogP contribution is -2.29. The maximum absolute atomic E-state index is 12.6. The first kappa shape index (κ1) is 16.5. The molecule has 8 heteroatoms. The molecule has 1 aliphatic heterocycles. The Hall–Kier alpha value is -2.93. The molecular formula is C18H16ClN3O4. The molecule has 134 valence electrons. The Kier molecular flexibility index (Phi) is 4.08. The summed E-state index contributed by atoms with van der Waals surface area (Å²) in [6, 6.07) is 10.6. The number of carbonyl (C=O) groups is 1. The molecule has 2 aromatic carbocycles. The van der Waals surface area contributed by atoms with Crippen LogP contribution in [0.4, 0.5) is 5.69 Å². The molecule has 0 unspecified atom stereocenters. The van der Waals surface area contributed by atoms with Crippen LogP contribution in [0.5, 0.6) is 11.5 Å². The zero-order chi connectivity index (χ0) is 18.3. The van der Waals surface area contributed by atoms with Gasteiger partial charge in [-0.15, -0.1) is 0 Å². The van der Waals surface area contributed by atoms with Crippen LogP contribution >= 0.6 is 11.6 Å². The third-order valence-electron chi connectivity index (χ3n) is 4.28. The van der Waals surface area contributed by atoms with Crippen molar-refractivity contribution >= 4 is 34.2 Å². The van der Waals surface area contributed by atoms with E-state index in [2.05, 4.69) is 5.32 Å². The SMILES string of the molecule is CCn1c(=O)n(CC(=O)Nc2cc3c(cc2Cl)OCO3)c2ccccc21. The molecular weight excluding hydrogens is 358 g/mol. The van der Waals surface area contributed by atoms with Gasteiger partial charge in [-0.2, -0.15) is 0 Å². The number of imidazole rings is 1. The van der Waals surface area contributed by atoms with Gasteiger partial charge in [0.25, 0.3) is 0 Å². The summed E-state index contributed by atoms with van der Waals surface area (Å²) < 4.78 is 13.6. The third-order valence-corrected chi connectivity index (χ3v) is 4.59. The van der Waals surface area contributed by atoms with Crippen LogP contribution in [0.15, 0.2) is 41.2 Å². The number of anilines is 1. The number of aromatic nitrogens is 2. The van der Waals surface area contributed by atoms with Crippen LogP contribution in [0.1, 0.15) is 6.92 Å². The monoisotopic (exact) mass is 373 g/mol. The standard InChI is InChI=1S/C18H16ClN3O4/c1-2-21-13-5-3-4-6-14(13)22(18(21)24)9-17(23)20-12-8-16-15(7-11(12)19)25-10-26-16/h3-8H,2,9-10H2,1H3,(H,20,23). The number of benzene rings is 2. The largest absolute Gasteiger partial charge is 0.454 e. The van der Waals surface area contributed by atoms with Gasteiger partial charge in [-0.3, -0.25) is 13.9 Å². The minimum atomic E-state index is -0.355. The first-order valence-corrected chi connectivity index (χ1v) is 8.53. The lowest BCUT2D eigenvalue weighted by atomic mass is 10.2. The van der Waals surface area contributed by atoms with Gasteiger partial charge in [0.15, 0.2) is 11.5 Å². The van der Waals surface area contributed by atoms with E-state index in [-0.39, 0.29) is 24.9 Å². The number of carbonyl (C=O) groups excluding carboxylic acids is 1. The molecule has 0 radical (unpaired) electrons. The summed E-state index contributed by atoms with van der Waals surface area (Å²) in [7, 11) is 0. The molecule has 2 heterocycles. The molecule has 0 spiro atoms. The van der Waals surface area contributed by atoms with Gasteiger partial charge in [-0.1, -0.05) is 23.7 Å². The van der Waals surface area contributed by atoms with Crippen molar-refractivity contribution in [3.8, 4) is 11.5 Å². The van der Waals surface area contributed by atoms with Crippen molar-refractivity contribution in [3.05, 3.63) is 51.9 Å². The number of halogens is 1. The van der Waals surface area contributed by atoms with Crippen molar-refractivity contribution in [1.82, 2.24) is 9.13 Å². The highest BCUT2D eigenvalue weighted by molar-refractivity contribution is 6.34. The summed E-state index contributed by atoms with van der Waals surface area (Å²) in [4.78, 5) is 25.1. The number of para-hydroxylation sites is 2. The van der Waals surface area contributed by atoms with E-state index in [0.29, 0.717) is 34.3 Å². The minimum absolute atomic E-state index is 0.114. The number of ether oxygens (including phenoxy) is 2. The van der Waals surface area contributed by atoms with Crippen molar-refractivity contribution < 1.29 is 14.3 Å². The zero-order valence-corrected chi connectivity index (χ0v) is 14.7. The second-order valence-corrected chi connectivity index (χ2v) is 6.24. The van der Waals surface area contributed by atoms with E-state index >= 15 is 0 Å². The van der Waals surface area contributed by atoms with E-state index in [0.717, 1.165) is 5.52 Å². The second kappa shape index (κ2) is 6.42. The number of fused-ring (bicyclic) bond motifs is 2. The molecule has 4 rings (SSSR count). The quantitative estimate of drug-likeness (QED) is 0.763. The van der Waals surface area contributed by atoms with E-state index in [1.807, 2.05) is 31.2 Å². The molecule has 1 amide bonds. The van der Waals surface area contributed by atoms with Gasteiger partial charge in [0.1, 0.15) is 6.54 Å². The van der Waals surface area contributed by atoms with E-state index in [9.17, 15) is 9.59 Å². The predicted octanol–water partition coefficient (Wildman–Crippen LogP) is 2.84. The fourth-order valence-corrected chi connectivity index (χ4v) is 3.28. The summed E-state index contributed by atoms with van der Waals surface area (Å²) in [6.45, 7) is 2.43. The maximum Gasteiger partial charge on any atom is 0.329 e. The van der Waals surface area contributed by atoms with Crippen molar-refractivity contribution in [1.29, 1.82) is 0 Å². The van der Waals surface area contributed by atoms with E-state index in [1.54, 1.807) is 16.7 Å². The van der Waals surface area contributed by atoms with Crippen molar-refractivity contribution in [2.24, 2.45) is 0 Å². The Bertz CT molecular complexity index is 1070. The summed E-state index contributed by atoms with van der Waals surface area (Å²) in [5.41, 5.74) is 1.70. The van der Waals surface area contributed by atoms with Crippen LogP contribution in [0, 0.1) is 0 Å². The average molecular weight is 374 g/mol. The van der Waals surface area contributed by atoms with Gasteiger partial charge < -0.3 is 14.8 Å². The van der Waals surface area contributed by atoms with Gasteiger partial charge in [-0.05, 0) is 19.1 Å². The predicted molar refractivity (Wildman–Crippen MR) is 98.1 cm³/mol. The van der Waals surface area contributed by atoms with Crippen LogP contribution in [0.25, 0.3) is 11.0 Å². The molecule has 0 bridgehead atoms. The fourth-order valence-electron chi connectivity index (χ4n) is 3.08. The molecule has 0 saturated carbocycles. The summed E-state index contributed by atoms with van der Waals surface area (Å²) >= 11 is 6.18. The molecule has 7 nitrogen and oxygen atoms in total. The molecule has 3 aromatic rings. The Balaban J connectivity index is 1.63. The van der Waals surface area contributed by atoms with Gasteiger partial charge >= 0.3 is 5.69 Å². The third kappa shape index (κ3) is 2.70. The molecule has 0 atom stereocenters. The lowest BCUT2D eigenvalue weighted by molar-refractivity contribution is -0.116. The number of amides is 1. The highest BCUT2D eigenvalue weighted by Crippen LogP contribution is 2.39. The highest BCUT2D eigenvalue weighted by Gasteiger charge is 2.19. The Labute approximate surface area is 153 Å². The van der Waals surface area contributed by atoms with Crippen LogP contribution in [0.2, 0.25) is 5.02 Å². The van der Waals surface area contributed by atoms with Crippen LogP contribution in [-0.2, 0) is 17.9 Å². The van der Waals surface area contributed by atoms with Gasteiger partial charge in [0.05, 0.1) is 21.7 Å². The fraction of sp³-hybridized carbons (Fsp3) is 0.222. The first-order valence-electron chi connectivity index (χ1n) is 8.15. The number of nitrogens with zero attached hydrogens (tertiary/aromatic N) is 2. The average Bonchev–Trinajstić information content (AvgIpc) is 3.18. The molecule has 1 N–H and O–H groups in total. The highest BCUT2D eigenvalue weighted by atomic mass is 35.5. The topological polar surface area (TPSA) is 74.5 Å². The summed E-state index contributed by atoms with van der Waals surface area (Å²) in [6.07, 6.45) is 0. The molecule has 26 heavy (non-hydrogen) atoms. The van der Waals surface area contributed by atoms with Gasteiger partial charge in [0.2, 0.25) is 12.7 Å². The summed E-state index contributed by atoms with van der Waals surface area (Å²) in [5.74, 6) is 0.701. The van der Waals surface area contributed by atoms with E-state index in [4.69, 9.17) is 21.1 Å². The van der Waals surface area contributed by atoms with Crippen LogP contribution in [0.3, 0.4) is 0 Å². The van der Waals surface area contributed by atoms with Crippen LogP contribution < -0.4 is 20.5 Å². The summed E-state index contributed by atoms with van der Waals surface area (Å²) in [5, 5.41) is 3.07. The Morgan fingerprint density at radius 1 is 1.15 bits per heavy atom. The van der Waals surface area contributed by atoms with Crippen molar-refractivity contribution in [2.75, 3.05) is 12.1 Å². The first-order chi connectivity index (χ1) is 12.6. The van der Waals surface area contributed by atoms with Crippen molar-refractivity contribution in [3.63, 3.8) is 0 Å². The molecule has 1 aromatic heterocycles. The van der Waals surface area contributed by atoms with Crippen LogP contribution in [-0.4, -0.2) is 21.8 Å². The normalized spacial score (nSPS) is 12.5. The Morgan fingerprint density at radius 3 is 2.50 bits per heavy atom. The number of aryl methyl sites for hydroxylation is 1. The number of hydrogen-bond donors (Lipinski definition) is 1. The number of nitrogens with one attached hydrogen (secondary N) is 1. The molecule has 0 saturated heterocycles. The van der Waals surface area contributed by atoms with Gasteiger partial charge in [-0.25, -0.2) is 4.79 Å². The molecule has 0 fully saturated rings. The lowest BCUT2D eigenvalue weighted by Gasteiger charge is -2.09. The zero-order valence-electron chi connectivity index (χ0n) is 14.0. The minimum Gasteiger partial charge on any atom is -0.454 e. The maximum atomic E-state index is 12.6. The second-order valence-electron chi connectivity index (χ2n) is 5.84. The number of rotatable bonds is 4. The van der Waals surface area contributed by atoms with E-state index < -0.39 is 0 Å². The molecule has 0 aliphatic carbocycles. The van der Waals surface area contributed by atoms with Crippen molar-refractivity contribution in [2.45, 2.75) is 20.0 Å². The smallest absolute Gasteiger partial charge is 0.329 e. The number of hydrogen-bond acceptors (Lipinski definition) is 4. The van der Waals surface area contributed by atoms with E-state index in [1.165, 1.54) is 4.57 Å². The Morgan fingerprint density at radius 2 is 1.81 bits per heavy atom. The molecule has 1 aliphatic rings. The van der Waals surface area contributed by atoms with Gasteiger partial charge in [0, 0.05) is 18.7 Å².